The molecule has 96 valence electrons. The van der Waals surface area contributed by atoms with Gasteiger partial charge in [-0.2, -0.15) is 4.89 Å². The third kappa shape index (κ3) is 11.3. The molecule has 0 unspecified atom stereocenters. The lowest BCUT2D eigenvalue weighted by Crippen LogP contribution is -2.23. The van der Waals surface area contributed by atoms with Crippen LogP contribution in [0.25, 0.3) is 0 Å². The fraction of sp³-hybridized carbons (Fsp3) is 0.909. The van der Waals surface area contributed by atoms with E-state index in [0.29, 0.717) is 13.2 Å². The minimum atomic E-state index is -0.839. The maximum Gasteiger partial charge on any atom is 0.540 e. The maximum absolute atomic E-state index is 11.0. The molecule has 0 aliphatic heterocycles. The van der Waals surface area contributed by atoms with Crippen molar-refractivity contribution < 1.29 is 24.0 Å². The van der Waals surface area contributed by atoms with Gasteiger partial charge in [0.1, 0.15) is 12.2 Å². The van der Waals surface area contributed by atoms with Gasteiger partial charge in [0.25, 0.3) is 0 Å². The van der Waals surface area contributed by atoms with Gasteiger partial charge in [-0.05, 0) is 27.2 Å². The van der Waals surface area contributed by atoms with Crippen LogP contribution in [0.4, 0.5) is 4.79 Å². The second-order valence-corrected chi connectivity index (χ2v) is 4.34. The van der Waals surface area contributed by atoms with Crippen LogP contribution in [-0.2, 0) is 19.2 Å². The zero-order valence-corrected chi connectivity index (χ0v) is 10.6. The number of hydrogen-bond donors (Lipinski definition) is 0. The van der Waals surface area contributed by atoms with E-state index in [-0.39, 0.29) is 6.61 Å². The van der Waals surface area contributed by atoms with Gasteiger partial charge in [-0.25, -0.2) is 4.79 Å². The molecule has 0 N–H and O–H groups in total. The second kappa shape index (κ2) is 8.35. The number of ether oxygens (including phenoxy) is 2. The molecule has 16 heavy (non-hydrogen) atoms. The van der Waals surface area contributed by atoms with Crippen LogP contribution in [0.2, 0.25) is 0 Å². The molecule has 0 spiro atoms. The monoisotopic (exact) mass is 234 g/mol. The minimum absolute atomic E-state index is 0.177. The topological polar surface area (TPSA) is 54.0 Å². The number of rotatable bonds is 7. The van der Waals surface area contributed by atoms with Crippen molar-refractivity contribution in [2.24, 2.45) is 0 Å². The van der Waals surface area contributed by atoms with Crippen molar-refractivity contribution in [2.45, 2.75) is 46.1 Å². The van der Waals surface area contributed by atoms with Gasteiger partial charge >= 0.3 is 6.16 Å². The molecule has 0 aliphatic rings. The van der Waals surface area contributed by atoms with Crippen molar-refractivity contribution in [1.29, 1.82) is 0 Å². The molecule has 0 fully saturated rings. The van der Waals surface area contributed by atoms with Crippen molar-refractivity contribution in [3.63, 3.8) is 0 Å². The van der Waals surface area contributed by atoms with E-state index in [0.717, 1.165) is 12.8 Å². The molecule has 0 aromatic carbocycles. The van der Waals surface area contributed by atoms with Gasteiger partial charge in [0.05, 0.1) is 6.61 Å². The van der Waals surface area contributed by atoms with Crippen LogP contribution in [0.5, 0.6) is 0 Å². The van der Waals surface area contributed by atoms with E-state index >= 15 is 0 Å². The van der Waals surface area contributed by atoms with Crippen molar-refractivity contribution >= 4 is 6.16 Å². The lowest BCUT2D eigenvalue weighted by Gasteiger charge is -2.16. The summed E-state index contributed by atoms with van der Waals surface area (Å²) >= 11 is 0. The van der Waals surface area contributed by atoms with E-state index in [1.807, 2.05) is 0 Å². The highest BCUT2D eigenvalue weighted by molar-refractivity contribution is 5.58. The maximum atomic E-state index is 11.0. The number of carbonyl (C=O) groups excluding carboxylic acids is 1. The SMILES string of the molecule is CCCCOCCOC(=O)OOC(C)(C)C. The highest BCUT2D eigenvalue weighted by Gasteiger charge is 2.15. The molecule has 0 aromatic rings. The van der Waals surface area contributed by atoms with Crippen LogP contribution >= 0.6 is 0 Å². The largest absolute Gasteiger partial charge is 0.540 e. The summed E-state index contributed by atoms with van der Waals surface area (Å²) in [6.45, 7) is 8.64. The molecule has 0 bridgehead atoms. The third-order valence-corrected chi connectivity index (χ3v) is 1.45. The molecule has 0 atom stereocenters. The van der Waals surface area contributed by atoms with E-state index in [1.165, 1.54) is 0 Å². The molecule has 0 saturated carbocycles. The Morgan fingerprint density at radius 3 is 2.38 bits per heavy atom. The first-order valence-corrected chi connectivity index (χ1v) is 5.56. The lowest BCUT2D eigenvalue weighted by molar-refractivity contribution is -0.312. The summed E-state index contributed by atoms with van der Waals surface area (Å²) in [7, 11) is 0. The summed E-state index contributed by atoms with van der Waals surface area (Å²) in [5, 5.41) is 0. The van der Waals surface area contributed by atoms with E-state index in [2.05, 4.69) is 11.8 Å². The second-order valence-electron chi connectivity index (χ2n) is 4.34. The molecule has 0 aliphatic carbocycles. The molecule has 0 rings (SSSR count). The first kappa shape index (κ1) is 15.2. The van der Waals surface area contributed by atoms with Crippen molar-refractivity contribution in [2.75, 3.05) is 19.8 Å². The Morgan fingerprint density at radius 2 is 1.81 bits per heavy atom. The quantitative estimate of drug-likeness (QED) is 0.293. The van der Waals surface area contributed by atoms with Gasteiger partial charge in [0.2, 0.25) is 0 Å². The Labute approximate surface area is 96.9 Å². The average Bonchev–Trinajstić information content (AvgIpc) is 2.19. The van der Waals surface area contributed by atoms with Crippen molar-refractivity contribution in [3.8, 4) is 0 Å². The summed E-state index contributed by atoms with van der Waals surface area (Å²) in [6, 6.07) is 0. The van der Waals surface area contributed by atoms with E-state index in [1.54, 1.807) is 20.8 Å². The third-order valence-electron chi connectivity index (χ3n) is 1.45. The smallest absolute Gasteiger partial charge is 0.430 e. The molecule has 0 saturated heterocycles. The van der Waals surface area contributed by atoms with E-state index < -0.39 is 11.8 Å². The predicted octanol–water partition coefficient (Wildman–Crippen LogP) is 2.69. The van der Waals surface area contributed by atoms with Crippen LogP contribution in [0.1, 0.15) is 40.5 Å². The van der Waals surface area contributed by atoms with Crippen LogP contribution in [0.3, 0.4) is 0 Å². The molecule has 5 nitrogen and oxygen atoms in total. The first-order valence-electron chi connectivity index (χ1n) is 5.56. The Bertz CT molecular complexity index is 185. The fourth-order valence-electron chi connectivity index (χ4n) is 0.715. The minimum Gasteiger partial charge on any atom is -0.430 e. The Morgan fingerprint density at radius 1 is 1.12 bits per heavy atom. The zero-order chi connectivity index (χ0) is 12.4. The summed E-state index contributed by atoms with van der Waals surface area (Å²) in [5.41, 5.74) is -0.531. The number of unbranched alkanes of at least 4 members (excludes halogenated alkanes) is 1. The van der Waals surface area contributed by atoms with E-state index in [9.17, 15) is 4.79 Å². The standard InChI is InChI=1S/C11H22O5/c1-5-6-7-13-8-9-14-10(12)15-16-11(2,3)4/h5-9H2,1-4H3. The van der Waals surface area contributed by atoms with Crippen LogP contribution in [0, 0.1) is 0 Å². The van der Waals surface area contributed by atoms with Crippen molar-refractivity contribution in [1.82, 2.24) is 0 Å². The Kier molecular flexibility index (Phi) is 7.93. The highest BCUT2D eigenvalue weighted by atomic mass is 17.2. The van der Waals surface area contributed by atoms with Crippen LogP contribution in [-0.4, -0.2) is 31.6 Å². The Balaban J connectivity index is 3.31. The molecule has 5 heteroatoms. The molecular formula is C11H22O5. The van der Waals surface area contributed by atoms with Gasteiger partial charge < -0.3 is 9.47 Å². The molecule has 0 heterocycles. The summed E-state index contributed by atoms with van der Waals surface area (Å²) in [4.78, 5) is 20.1. The van der Waals surface area contributed by atoms with Gasteiger partial charge in [-0.15, -0.1) is 0 Å². The van der Waals surface area contributed by atoms with Gasteiger partial charge in [0.15, 0.2) is 0 Å². The van der Waals surface area contributed by atoms with E-state index in [4.69, 9.17) is 14.4 Å². The van der Waals surface area contributed by atoms with Crippen LogP contribution in [0.15, 0.2) is 0 Å². The summed E-state index contributed by atoms with van der Waals surface area (Å²) < 4.78 is 9.90. The number of carbonyl (C=O) groups is 1. The number of hydrogen-bond acceptors (Lipinski definition) is 5. The molecule has 0 amide bonds. The Hall–Kier alpha value is -0.810. The van der Waals surface area contributed by atoms with Gasteiger partial charge in [0, 0.05) is 6.61 Å². The normalized spacial score (nSPS) is 11.2. The van der Waals surface area contributed by atoms with Crippen LogP contribution < -0.4 is 0 Å². The predicted molar refractivity (Wildman–Crippen MR) is 59.0 cm³/mol. The molecular weight excluding hydrogens is 212 g/mol. The average molecular weight is 234 g/mol. The summed E-state index contributed by atoms with van der Waals surface area (Å²) in [6.07, 6.45) is 1.26. The van der Waals surface area contributed by atoms with Crippen molar-refractivity contribution in [3.05, 3.63) is 0 Å². The lowest BCUT2D eigenvalue weighted by atomic mass is 10.2. The van der Waals surface area contributed by atoms with Gasteiger partial charge in [-0.1, -0.05) is 13.3 Å². The zero-order valence-electron chi connectivity index (χ0n) is 10.6. The fourth-order valence-corrected chi connectivity index (χ4v) is 0.715. The first-order chi connectivity index (χ1) is 7.45. The summed E-state index contributed by atoms with van der Waals surface area (Å²) in [5.74, 6) is 0. The van der Waals surface area contributed by atoms with Gasteiger partial charge in [-0.3, -0.25) is 4.89 Å². The highest BCUT2D eigenvalue weighted by Crippen LogP contribution is 2.07. The molecule has 0 radical (unpaired) electrons. The molecule has 0 aromatic heterocycles.